The fourth-order valence-electron chi connectivity index (χ4n) is 6.83. The van der Waals surface area contributed by atoms with Gasteiger partial charge >= 0.3 is 6.03 Å². The normalized spacial score (nSPS) is 19.2. The number of thiophene rings is 1. The molecule has 0 unspecified atom stereocenters. The molecule has 0 bridgehead atoms. The highest BCUT2D eigenvalue weighted by atomic mass is 32.1. The van der Waals surface area contributed by atoms with Crippen molar-refractivity contribution in [1.82, 2.24) is 20.1 Å². The van der Waals surface area contributed by atoms with Gasteiger partial charge < -0.3 is 30.1 Å². The van der Waals surface area contributed by atoms with E-state index in [0.29, 0.717) is 70.6 Å². The summed E-state index contributed by atoms with van der Waals surface area (Å²) >= 11 is 1.23. The number of carbonyl (C=O) groups is 3. The van der Waals surface area contributed by atoms with Gasteiger partial charge in [0.15, 0.2) is 0 Å². The van der Waals surface area contributed by atoms with Crippen molar-refractivity contribution >= 4 is 56.5 Å². The smallest absolute Gasteiger partial charge is 0.331 e. The molecule has 2 fully saturated rings. The second-order valence-corrected chi connectivity index (χ2v) is 13.9. The average molecular weight is 709 g/mol. The second kappa shape index (κ2) is 15.0. The molecule has 3 aliphatic heterocycles. The number of pyridine rings is 1. The Balaban J connectivity index is 1.01. The molecule has 4 amide bonds. The zero-order chi connectivity index (χ0) is 35.5. The molecule has 2 atom stereocenters. The largest absolute Gasteiger partial charge is 0.457 e. The summed E-state index contributed by atoms with van der Waals surface area (Å²) in [6.45, 7) is 9.16. The van der Waals surface area contributed by atoms with E-state index in [2.05, 4.69) is 27.1 Å². The summed E-state index contributed by atoms with van der Waals surface area (Å²) in [6, 6.07) is 16.2. The number of ether oxygens (including phenoxy) is 2. The molecular formula is C38H40N6O6S. The maximum atomic E-state index is 13.8. The van der Waals surface area contributed by atoms with Crippen LogP contribution in [0, 0.1) is 6.92 Å². The number of aromatic nitrogens is 1. The van der Waals surface area contributed by atoms with Crippen molar-refractivity contribution < 1.29 is 29.0 Å². The lowest BCUT2D eigenvalue weighted by Crippen LogP contribution is -2.49. The standard InChI is InChI=1S/C38H40N6O6S/c1-24-20-28(50-27-9-4-3-5-10-27)12-13-29(24)44-30-14-15-39-37-33(30)34(41-38(44)48)35(51-37)36(47)40-26-8-6-17-43(22-26)32(46)11-7-16-42-21-25(2)31(23-42)49-19-18-45/h3-5,7,9-15,20,26,31,45H,2,6,8,16-19,21-23H2,1H3,(H,40,47)(H,41,48)/b11-7+/t26-,31+/m1/s1. The fraction of sp³-hybridized carbons (Fsp3) is 0.316. The summed E-state index contributed by atoms with van der Waals surface area (Å²) in [5, 5.41) is 15.8. The SMILES string of the molecule is C=C1CN(C/C=C/C(=O)N2CCC[C@@H](NC(=O)c3sc4nccc5c4c3NC(=O)N5c3ccc(Oc4ccccc4)cc3C)C2)C[C@@H]1OCCO. The number of nitrogens with zero attached hydrogens (tertiary/aromatic N) is 4. The van der Waals surface area contributed by atoms with Crippen molar-refractivity contribution in [3.63, 3.8) is 0 Å². The van der Waals surface area contributed by atoms with E-state index in [0.717, 1.165) is 29.7 Å². The summed E-state index contributed by atoms with van der Waals surface area (Å²) in [7, 11) is 0. The molecule has 51 heavy (non-hydrogen) atoms. The summed E-state index contributed by atoms with van der Waals surface area (Å²) in [5.74, 6) is 0.957. The summed E-state index contributed by atoms with van der Waals surface area (Å²) in [6.07, 6.45) is 6.46. The van der Waals surface area contributed by atoms with Crippen molar-refractivity contribution in [2.45, 2.75) is 31.9 Å². The third-order valence-electron chi connectivity index (χ3n) is 9.25. The third-order valence-corrected chi connectivity index (χ3v) is 10.3. The number of benzene rings is 2. The Kier molecular flexibility index (Phi) is 10.1. The van der Waals surface area contributed by atoms with E-state index in [9.17, 15) is 14.4 Å². The Bertz CT molecular complexity index is 2000. The third kappa shape index (κ3) is 7.38. The van der Waals surface area contributed by atoms with Crippen LogP contribution < -0.4 is 20.3 Å². The fourth-order valence-corrected chi connectivity index (χ4v) is 7.85. The summed E-state index contributed by atoms with van der Waals surface area (Å²) < 4.78 is 11.6. The maximum Gasteiger partial charge on any atom is 0.331 e. The van der Waals surface area contributed by atoms with Crippen molar-refractivity contribution in [1.29, 1.82) is 0 Å². The number of urea groups is 1. The van der Waals surface area contributed by atoms with E-state index in [4.69, 9.17) is 14.6 Å². The van der Waals surface area contributed by atoms with Crippen LogP contribution in [0.2, 0.25) is 0 Å². The van der Waals surface area contributed by atoms with E-state index in [1.54, 1.807) is 28.1 Å². The topological polar surface area (TPSA) is 137 Å². The molecule has 0 aliphatic carbocycles. The zero-order valence-electron chi connectivity index (χ0n) is 28.3. The molecule has 0 spiro atoms. The van der Waals surface area contributed by atoms with Gasteiger partial charge in [0, 0.05) is 51.0 Å². The number of amides is 4. The van der Waals surface area contributed by atoms with Crippen LogP contribution in [0.3, 0.4) is 0 Å². The van der Waals surface area contributed by atoms with Gasteiger partial charge in [0.25, 0.3) is 5.91 Å². The van der Waals surface area contributed by atoms with Gasteiger partial charge in [-0.25, -0.2) is 9.78 Å². The molecule has 7 rings (SSSR count). The maximum absolute atomic E-state index is 13.8. The van der Waals surface area contributed by atoms with Crippen LogP contribution in [0.25, 0.3) is 10.2 Å². The van der Waals surface area contributed by atoms with Crippen LogP contribution in [-0.4, -0.2) is 95.8 Å². The lowest BCUT2D eigenvalue weighted by molar-refractivity contribution is -0.127. The van der Waals surface area contributed by atoms with Gasteiger partial charge in [-0.1, -0.05) is 30.9 Å². The minimum Gasteiger partial charge on any atom is -0.457 e. The Labute approximate surface area is 300 Å². The van der Waals surface area contributed by atoms with Gasteiger partial charge in [-0.2, -0.15) is 0 Å². The first-order valence-electron chi connectivity index (χ1n) is 17.0. The van der Waals surface area contributed by atoms with E-state index in [1.165, 1.54) is 11.3 Å². The molecule has 12 nitrogen and oxygen atoms in total. The number of hydrogen-bond donors (Lipinski definition) is 3. The molecule has 3 N–H and O–H groups in total. The molecule has 5 heterocycles. The highest BCUT2D eigenvalue weighted by molar-refractivity contribution is 7.21. The molecule has 2 aromatic carbocycles. The Morgan fingerprint density at radius 2 is 1.98 bits per heavy atom. The number of nitrogens with one attached hydrogen (secondary N) is 2. The lowest BCUT2D eigenvalue weighted by atomic mass is 10.0. The first-order valence-corrected chi connectivity index (χ1v) is 17.9. The van der Waals surface area contributed by atoms with Crippen LogP contribution in [0.4, 0.5) is 21.9 Å². The van der Waals surface area contributed by atoms with E-state index < -0.39 is 0 Å². The zero-order valence-corrected chi connectivity index (χ0v) is 29.2. The second-order valence-electron chi connectivity index (χ2n) is 12.9. The predicted molar refractivity (Wildman–Crippen MR) is 197 cm³/mol. The van der Waals surface area contributed by atoms with Crippen LogP contribution >= 0.6 is 11.3 Å². The molecule has 264 valence electrons. The van der Waals surface area contributed by atoms with Crippen LogP contribution in [-0.2, 0) is 9.53 Å². The highest BCUT2D eigenvalue weighted by Gasteiger charge is 2.34. The molecule has 13 heteroatoms. The number of rotatable bonds is 11. The molecule has 2 aromatic heterocycles. The number of carbonyl (C=O) groups excluding carboxylic acids is 3. The van der Waals surface area contributed by atoms with Gasteiger partial charge in [-0.15, -0.1) is 11.3 Å². The van der Waals surface area contributed by atoms with E-state index in [1.807, 2.05) is 61.5 Å². The molecular weight excluding hydrogens is 669 g/mol. The van der Waals surface area contributed by atoms with Gasteiger partial charge in [0.05, 0.1) is 41.8 Å². The number of piperidine rings is 1. The average Bonchev–Trinajstić information content (AvgIpc) is 3.68. The Hall–Kier alpha value is -5.08. The molecule has 4 aromatic rings. The van der Waals surface area contributed by atoms with Crippen molar-refractivity contribution in [2.75, 3.05) is 56.2 Å². The predicted octanol–water partition coefficient (Wildman–Crippen LogP) is 5.61. The molecule has 0 saturated carbocycles. The van der Waals surface area contributed by atoms with Crippen LogP contribution in [0.15, 0.2) is 85.1 Å². The highest BCUT2D eigenvalue weighted by Crippen LogP contribution is 2.46. The summed E-state index contributed by atoms with van der Waals surface area (Å²) in [5.41, 5.74) is 3.57. The monoisotopic (exact) mass is 708 g/mol. The first kappa shape index (κ1) is 34.4. The van der Waals surface area contributed by atoms with Crippen LogP contribution in [0.1, 0.15) is 28.1 Å². The Morgan fingerprint density at radius 3 is 2.78 bits per heavy atom. The lowest BCUT2D eigenvalue weighted by Gasteiger charge is -2.32. The number of aliphatic hydroxyl groups is 1. The van der Waals surface area contributed by atoms with Crippen LogP contribution in [0.5, 0.6) is 11.5 Å². The molecule has 3 aliphatic rings. The Morgan fingerprint density at radius 1 is 1.14 bits per heavy atom. The van der Waals surface area contributed by atoms with E-state index >= 15 is 0 Å². The van der Waals surface area contributed by atoms with Crippen molar-refractivity contribution in [3.8, 4) is 11.5 Å². The van der Waals surface area contributed by atoms with Crippen molar-refractivity contribution in [3.05, 3.63) is 95.5 Å². The number of para-hydroxylation sites is 1. The summed E-state index contributed by atoms with van der Waals surface area (Å²) in [4.78, 5) is 51.6. The van der Waals surface area contributed by atoms with Gasteiger partial charge in [-0.3, -0.25) is 19.4 Å². The van der Waals surface area contributed by atoms with Gasteiger partial charge in [0.2, 0.25) is 5.91 Å². The number of aryl methyl sites for hydroxylation is 1. The van der Waals surface area contributed by atoms with Crippen molar-refractivity contribution in [2.24, 2.45) is 0 Å². The molecule has 2 saturated heterocycles. The van der Waals surface area contributed by atoms with E-state index in [-0.39, 0.29) is 43.2 Å². The van der Waals surface area contributed by atoms with Gasteiger partial charge in [-0.05, 0) is 67.3 Å². The number of aliphatic hydroxyl groups excluding tert-OH is 1. The first-order chi connectivity index (χ1) is 24.8. The molecule has 0 radical (unpaired) electrons. The minimum atomic E-state index is -0.380. The quantitative estimate of drug-likeness (QED) is 0.135. The number of anilines is 3. The number of likely N-dealkylation sites (tertiary alicyclic amines) is 2. The minimum absolute atomic E-state index is 0.0313. The van der Waals surface area contributed by atoms with Gasteiger partial charge in [0.1, 0.15) is 21.2 Å². The number of hydrogen-bond acceptors (Lipinski definition) is 9.